The van der Waals surface area contributed by atoms with E-state index in [1.54, 1.807) is 18.5 Å². The average Bonchev–Trinajstić information content (AvgIpc) is 2.97. The van der Waals surface area contributed by atoms with Gasteiger partial charge in [-0.05, 0) is 30.7 Å². The highest BCUT2D eigenvalue weighted by molar-refractivity contribution is 5.94. The second-order valence-electron chi connectivity index (χ2n) is 4.59. The molecule has 1 aromatic heterocycles. The quantitative estimate of drug-likeness (QED) is 0.734. The lowest BCUT2D eigenvalue weighted by molar-refractivity contribution is 0.0954. The molecule has 2 aromatic rings. The zero-order valence-electron chi connectivity index (χ0n) is 11.8. The summed E-state index contributed by atoms with van der Waals surface area (Å²) >= 11 is 0. The Morgan fingerprint density at radius 1 is 1.43 bits per heavy atom. The molecule has 21 heavy (non-hydrogen) atoms. The average molecular weight is 283 g/mol. The number of nitrogens with zero attached hydrogens (tertiary/aromatic N) is 1. The maximum Gasteiger partial charge on any atom is 0.251 e. The lowest BCUT2D eigenvalue weighted by Crippen LogP contribution is -2.26. The van der Waals surface area contributed by atoms with Crippen molar-refractivity contribution in [1.29, 1.82) is 0 Å². The zero-order chi connectivity index (χ0) is 15.1. The molecule has 0 atom stereocenters. The minimum atomic E-state index is -0.196. The molecule has 0 saturated heterocycles. The van der Waals surface area contributed by atoms with E-state index in [2.05, 4.69) is 27.1 Å². The van der Waals surface area contributed by atoms with Gasteiger partial charge in [-0.15, -0.1) is 0 Å². The molecular formula is C16H17N3O2. The van der Waals surface area contributed by atoms with Crippen LogP contribution in [0.3, 0.4) is 0 Å². The number of carbonyl (C=O) groups excluding carboxylic acids is 1. The first-order chi connectivity index (χ1) is 10.2. The molecule has 0 spiro atoms. The van der Waals surface area contributed by atoms with Gasteiger partial charge >= 0.3 is 0 Å². The fourth-order valence-electron chi connectivity index (χ4n) is 1.96. The van der Waals surface area contributed by atoms with Crippen LogP contribution < -0.4 is 5.32 Å². The van der Waals surface area contributed by atoms with Crippen molar-refractivity contribution in [3.05, 3.63) is 53.1 Å². The van der Waals surface area contributed by atoms with E-state index in [1.807, 2.05) is 19.1 Å². The number of hydrogen-bond acceptors (Lipinski definition) is 3. The number of amides is 1. The summed E-state index contributed by atoms with van der Waals surface area (Å²) in [4.78, 5) is 19.2. The zero-order valence-corrected chi connectivity index (χ0v) is 11.8. The van der Waals surface area contributed by atoms with Gasteiger partial charge in [0.25, 0.3) is 5.91 Å². The summed E-state index contributed by atoms with van der Waals surface area (Å²) in [5.41, 5.74) is 2.24. The van der Waals surface area contributed by atoms with Crippen molar-refractivity contribution >= 4 is 5.91 Å². The van der Waals surface area contributed by atoms with Gasteiger partial charge in [0.2, 0.25) is 0 Å². The molecule has 0 bridgehead atoms. The molecule has 5 heteroatoms. The standard InChI is InChI=1S/C16H17N3O2/c1-12-9-13(3-2-8-20)11-14(10-12)16(21)19-5-4-15-17-6-7-18-15/h6-7,9-11,20H,4-5,8H2,1H3,(H,17,18)(H,19,21). The number of benzene rings is 1. The normalized spacial score (nSPS) is 9.81. The fourth-order valence-corrected chi connectivity index (χ4v) is 1.96. The van der Waals surface area contributed by atoms with Gasteiger partial charge in [0.1, 0.15) is 12.4 Å². The molecule has 5 nitrogen and oxygen atoms in total. The third-order valence-corrected chi connectivity index (χ3v) is 2.85. The highest BCUT2D eigenvalue weighted by Gasteiger charge is 2.07. The summed E-state index contributed by atoms with van der Waals surface area (Å²) < 4.78 is 0. The Bertz CT molecular complexity index is 667. The maximum atomic E-state index is 12.1. The van der Waals surface area contributed by atoms with Crippen LogP contribution in [0.5, 0.6) is 0 Å². The molecule has 108 valence electrons. The van der Waals surface area contributed by atoms with E-state index in [1.165, 1.54) is 0 Å². The number of carbonyl (C=O) groups is 1. The molecular weight excluding hydrogens is 266 g/mol. The number of aliphatic hydroxyl groups excluding tert-OH is 1. The van der Waals surface area contributed by atoms with Crippen LogP contribution in [0.4, 0.5) is 0 Å². The fraction of sp³-hybridized carbons (Fsp3) is 0.250. The summed E-state index contributed by atoms with van der Waals surface area (Å²) in [6.07, 6.45) is 4.09. The smallest absolute Gasteiger partial charge is 0.251 e. The van der Waals surface area contributed by atoms with Crippen molar-refractivity contribution in [2.45, 2.75) is 13.3 Å². The predicted molar refractivity (Wildman–Crippen MR) is 79.8 cm³/mol. The van der Waals surface area contributed by atoms with E-state index < -0.39 is 0 Å². The predicted octanol–water partition coefficient (Wildman–Crippen LogP) is 1.03. The number of imidazole rings is 1. The number of aromatic amines is 1. The topological polar surface area (TPSA) is 78.0 Å². The second kappa shape index (κ2) is 7.27. The number of aromatic nitrogens is 2. The van der Waals surface area contributed by atoms with E-state index in [4.69, 9.17) is 5.11 Å². The van der Waals surface area contributed by atoms with E-state index >= 15 is 0 Å². The third-order valence-electron chi connectivity index (χ3n) is 2.85. The third kappa shape index (κ3) is 4.48. The molecule has 1 aromatic carbocycles. The SMILES string of the molecule is Cc1cc(C#CCO)cc(C(=O)NCCc2ncc[nH]2)c1. The van der Waals surface area contributed by atoms with Crippen LogP contribution in [0, 0.1) is 18.8 Å². The molecule has 0 radical (unpaired) electrons. The van der Waals surface area contributed by atoms with Crippen LogP contribution in [0.1, 0.15) is 27.3 Å². The number of H-pyrrole nitrogens is 1. The first-order valence-corrected chi connectivity index (χ1v) is 6.67. The first kappa shape index (κ1) is 14.8. The number of aryl methyl sites for hydroxylation is 1. The van der Waals surface area contributed by atoms with Crippen molar-refractivity contribution in [1.82, 2.24) is 15.3 Å². The van der Waals surface area contributed by atoms with Gasteiger partial charge in [0.15, 0.2) is 0 Å². The highest BCUT2D eigenvalue weighted by Crippen LogP contribution is 2.09. The number of hydrogen-bond donors (Lipinski definition) is 3. The Labute approximate surface area is 123 Å². The van der Waals surface area contributed by atoms with Gasteiger partial charge in [0, 0.05) is 36.5 Å². The number of rotatable bonds is 4. The largest absolute Gasteiger partial charge is 0.384 e. The van der Waals surface area contributed by atoms with Crippen LogP contribution in [-0.2, 0) is 6.42 Å². The monoisotopic (exact) mass is 283 g/mol. The minimum Gasteiger partial charge on any atom is -0.384 e. The van der Waals surface area contributed by atoms with Crippen LogP contribution in [0.25, 0.3) is 0 Å². The van der Waals surface area contributed by atoms with E-state index in [-0.39, 0.29) is 12.5 Å². The molecule has 1 heterocycles. The van der Waals surface area contributed by atoms with Crippen molar-refractivity contribution in [2.75, 3.05) is 13.2 Å². The molecule has 0 aliphatic heterocycles. The highest BCUT2D eigenvalue weighted by atomic mass is 16.2. The number of aliphatic hydroxyl groups is 1. The molecule has 0 saturated carbocycles. The molecule has 2 rings (SSSR count). The van der Waals surface area contributed by atoms with E-state index in [0.29, 0.717) is 18.5 Å². The lowest BCUT2D eigenvalue weighted by atomic mass is 10.1. The van der Waals surface area contributed by atoms with Gasteiger partial charge in [-0.1, -0.05) is 11.8 Å². The van der Waals surface area contributed by atoms with Gasteiger partial charge in [-0.2, -0.15) is 0 Å². The Morgan fingerprint density at radius 2 is 2.29 bits per heavy atom. The van der Waals surface area contributed by atoms with Gasteiger partial charge < -0.3 is 15.4 Å². The number of nitrogens with one attached hydrogen (secondary N) is 2. The molecule has 0 aliphatic rings. The van der Waals surface area contributed by atoms with Crippen LogP contribution in [0.2, 0.25) is 0 Å². The Hall–Kier alpha value is -2.58. The summed E-state index contributed by atoms with van der Waals surface area (Å²) in [7, 11) is 0. The van der Waals surface area contributed by atoms with Crippen LogP contribution in [-0.4, -0.2) is 34.1 Å². The van der Waals surface area contributed by atoms with E-state index in [0.717, 1.165) is 17.0 Å². The summed E-state index contributed by atoms with van der Waals surface area (Å²) in [5.74, 6) is 6.10. The summed E-state index contributed by atoms with van der Waals surface area (Å²) in [6, 6.07) is 5.41. The van der Waals surface area contributed by atoms with Crippen LogP contribution >= 0.6 is 0 Å². The van der Waals surface area contributed by atoms with Crippen molar-refractivity contribution in [3.8, 4) is 11.8 Å². The van der Waals surface area contributed by atoms with Gasteiger partial charge in [-0.25, -0.2) is 4.98 Å². The van der Waals surface area contributed by atoms with Crippen molar-refractivity contribution in [3.63, 3.8) is 0 Å². The van der Waals surface area contributed by atoms with Gasteiger partial charge in [0.05, 0.1) is 0 Å². The van der Waals surface area contributed by atoms with E-state index in [9.17, 15) is 4.79 Å². The maximum absolute atomic E-state index is 12.1. The molecule has 1 amide bonds. The summed E-state index contributed by atoms with van der Waals surface area (Å²) in [5, 5.41) is 11.6. The molecule has 0 aliphatic carbocycles. The molecule has 3 N–H and O–H groups in total. The van der Waals surface area contributed by atoms with Crippen molar-refractivity contribution < 1.29 is 9.90 Å². The first-order valence-electron chi connectivity index (χ1n) is 6.67. The Kier molecular flexibility index (Phi) is 5.13. The summed E-state index contributed by atoms with van der Waals surface area (Å²) in [6.45, 7) is 2.22. The lowest BCUT2D eigenvalue weighted by Gasteiger charge is -2.06. The van der Waals surface area contributed by atoms with Crippen LogP contribution in [0.15, 0.2) is 30.6 Å². The minimum absolute atomic E-state index is 0.141. The molecule has 0 fully saturated rings. The second-order valence-corrected chi connectivity index (χ2v) is 4.59. The van der Waals surface area contributed by atoms with Gasteiger partial charge in [-0.3, -0.25) is 4.79 Å². The Balaban J connectivity index is 1.99. The van der Waals surface area contributed by atoms with Crippen molar-refractivity contribution in [2.24, 2.45) is 0 Å². The molecule has 0 unspecified atom stereocenters. The Morgan fingerprint density at radius 3 is 3.00 bits per heavy atom.